The lowest BCUT2D eigenvalue weighted by Crippen LogP contribution is -2.09. The van der Waals surface area contributed by atoms with E-state index in [0.717, 1.165) is 12.1 Å². The molecule has 0 bridgehead atoms. The summed E-state index contributed by atoms with van der Waals surface area (Å²) in [7, 11) is 1.44. The van der Waals surface area contributed by atoms with Crippen molar-refractivity contribution in [2.24, 2.45) is 0 Å². The van der Waals surface area contributed by atoms with Gasteiger partial charge >= 0.3 is 6.18 Å². The van der Waals surface area contributed by atoms with Crippen LogP contribution in [0.4, 0.5) is 18.9 Å². The van der Waals surface area contributed by atoms with Crippen molar-refractivity contribution in [2.75, 3.05) is 12.4 Å². The van der Waals surface area contributed by atoms with Gasteiger partial charge in [-0.1, -0.05) is 11.6 Å². The molecular formula is C10H9ClF3NO. The molecule has 0 aliphatic rings. The summed E-state index contributed by atoms with van der Waals surface area (Å²) in [5.41, 5.74) is -0.701. The van der Waals surface area contributed by atoms with Gasteiger partial charge in [-0.3, -0.25) is 4.79 Å². The topological polar surface area (TPSA) is 29.1 Å². The summed E-state index contributed by atoms with van der Waals surface area (Å²) in [4.78, 5) is 11.2. The van der Waals surface area contributed by atoms with E-state index in [-0.39, 0.29) is 17.0 Å². The maximum Gasteiger partial charge on any atom is 0.417 e. The Labute approximate surface area is 95.4 Å². The van der Waals surface area contributed by atoms with Gasteiger partial charge in [0.1, 0.15) is 0 Å². The molecule has 1 N–H and O–H groups in total. The number of benzene rings is 1. The molecule has 16 heavy (non-hydrogen) atoms. The minimum absolute atomic E-state index is 0.115. The quantitative estimate of drug-likeness (QED) is 0.814. The molecular weight excluding hydrogens is 243 g/mol. The van der Waals surface area contributed by atoms with Gasteiger partial charge in [0.25, 0.3) is 0 Å². The fourth-order valence-electron chi connectivity index (χ4n) is 1.29. The van der Waals surface area contributed by atoms with Crippen molar-refractivity contribution in [1.82, 2.24) is 0 Å². The molecule has 0 atom stereocenters. The number of hydrogen-bond acceptors (Lipinski definition) is 2. The minimum Gasteiger partial charge on any atom is -0.388 e. The Morgan fingerprint density at radius 1 is 1.38 bits per heavy atom. The summed E-state index contributed by atoms with van der Waals surface area (Å²) < 4.78 is 37.5. The van der Waals surface area contributed by atoms with Crippen molar-refractivity contribution in [1.29, 1.82) is 0 Å². The van der Waals surface area contributed by atoms with Crippen molar-refractivity contribution in [3.8, 4) is 0 Å². The molecule has 0 aliphatic carbocycles. The van der Waals surface area contributed by atoms with Crippen LogP contribution in [0, 0.1) is 0 Å². The third kappa shape index (κ3) is 2.47. The van der Waals surface area contributed by atoms with Gasteiger partial charge in [-0.05, 0) is 19.1 Å². The number of halogens is 4. The van der Waals surface area contributed by atoms with Gasteiger partial charge in [-0.2, -0.15) is 13.2 Å². The molecule has 0 radical (unpaired) electrons. The first-order valence-electron chi connectivity index (χ1n) is 4.36. The molecule has 1 rings (SSSR count). The van der Waals surface area contributed by atoms with E-state index in [1.54, 1.807) is 0 Å². The van der Waals surface area contributed by atoms with E-state index in [0.29, 0.717) is 0 Å². The number of carbonyl (C=O) groups is 1. The van der Waals surface area contributed by atoms with E-state index in [4.69, 9.17) is 11.6 Å². The molecule has 0 aliphatic heterocycles. The monoisotopic (exact) mass is 251 g/mol. The predicted octanol–water partition coefficient (Wildman–Crippen LogP) is 3.60. The molecule has 0 heterocycles. The molecule has 0 saturated heterocycles. The van der Waals surface area contributed by atoms with Crippen LogP contribution in [-0.4, -0.2) is 12.8 Å². The number of hydrogen-bond donors (Lipinski definition) is 1. The second-order valence-electron chi connectivity index (χ2n) is 3.18. The number of carbonyl (C=O) groups excluding carboxylic acids is 1. The van der Waals surface area contributed by atoms with Crippen LogP contribution in [-0.2, 0) is 6.18 Å². The zero-order valence-corrected chi connectivity index (χ0v) is 9.33. The van der Waals surface area contributed by atoms with Gasteiger partial charge in [0, 0.05) is 18.3 Å². The number of Topliss-reactive ketones (excluding diaryl/α,β-unsaturated/α-hetero) is 1. The third-order valence-electron chi connectivity index (χ3n) is 2.06. The fourth-order valence-corrected chi connectivity index (χ4v) is 1.56. The zero-order chi connectivity index (χ0) is 12.5. The second kappa shape index (κ2) is 4.33. The van der Waals surface area contributed by atoms with Gasteiger partial charge in [0.15, 0.2) is 5.78 Å². The summed E-state index contributed by atoms with van der Waals surface area (Å²) in [6, 6.07) is 1.86. The van der Waals surface area contributed by atoms with Crippen LogP contribution in [0.3, 0.4) is 0 Å². The van der Waals surface area contributed by atoms with Crippen LogP contribution in [0.2, 0.25) is 5.02 Å². The fraction of sp³-hybridized carbons (Fsp3) is 0.300. The third-order valence-corrected chi connectivity index (χ3v) is 2.37. The molecule has 6 heteroatoms. The van der Waals surface area contributed by atoms with Gasteiger partial charge in [0.05, 0.1) is 10.6 Å². The lowest BCUT2D eigenvalue weighted by atomic mass is 10.1. The predicted molar refractivity (Wildman–Crippen MR) is 56.0 cm³/mol. The Bertz CT molecular complexity index is 429. The molecule has 2 nitrogen and oxygen atoms in total. The van der Waals surface area contributed by atoms with E-state index in [9.17, 15) is 18.0 Å². The maximum absolute atomic E-state index is 12.5. The first-order valence-corrected chi connectivity index (χ1v) is 4.74. The lowest BCUT2D eigenvalue weighted by Gasteiger charge is -2.13. The van der Waals surface area contributed by atoms with Gasteiger partial charge < -0.3 is 5.32 Å². The first kappa shape index (κ1) is 12.8. The van der Waals surface area contributed by atoms with E-state index >= 15 is 0 Å². The van der Waals surface area contributed by atoms with Gasteiger partial charge in [0.2, 0.25) is 0 Å². The summed E-state index contributed by atoms with van der Waals surface area (Å²) in [5, 5.41) is 2.06. The lowest BCUT2D eigenvalue weighted by molar-refractivity contribution is -0.137. The van der Waals surface area contributed by atoms with E-state index in [1.807, 2.05) is 0 Å². The Morgan fingerprint density at radius 2 is 1.94 bits per heavy atom. The van der Waals surface area contributed by atoms with Gasteiger partial charge in [-0.15, -0.1) is 0 Å². The SMILES string of the molecule is CNc1cc(C(F)(F)F)c(Cl)cc1C(C)=O. The number of anilines is 1. The standard InChI is InChI=1S/C10H9ClF3NO/c1-5(16)6-3-8(11)7(10(12,13)14)4-9(6)15-2/h3-4,15H,1-2H3. The molecule has 0 spiro atoms. The van der Waals surface area contributed by atoms with Crippen LogP contribution in [0.5, 0.6) is 0 Å². The van der Waals surface area contributed by atoms with Gasteiger partial charge in [-0.25, -0.2) is 0 Å². The first-order chi connectivity index (χ1) is 7.27. The Hall–Kier alpha value is -1.23. The number of ketones is 1. The summed E-state index contributed by atoms with van der Waals surface area (Å²) >= 11 is 5.49. The summed E-state index contributed by atoms with van der Waals surface area (Å²) in [5.74, 6) is -0.347. The van der Waals surface area contributed by atoms with Crippen molar-refractivity contribution < 1.29 is 18.0 Å². The molecule has 88 valence electrons. The average molecular weight is 252 g/mol. The molecule has 0 amide bonds. The highest BCUT2D eigenvalue weighted by Crippen LogP contribution is 2.37. The highest BCUT2D eigenvalue weighted by Gasteiger charge is 2.34. The number of rotatable bonds is 2. The van der Waals surface area contributed by atoms with Crippen molar-refractivity contribution in [3.63, 3.8) is 0 Å². The van der Waals surface area contributed by atoms with Crippen LogP contribution in [0.25, 0.3) is 0 Å². The molecule has 0 unspecified atom stereocenters. The highest BCUT2D eigenvalue weighted by atomic mass is 35.5. The van der Waals surface area contributed by atoms with E-state index < -0.39 is 16.8 Å². The maximum atomic E-state index is 12.5. The second-order valence-corrected chi connectivity index (χ2v) is 3.59. The summed E-state index contributed by atoms with van der Waals surface area (Å²) in [6.45, 7) is 1.26. The Kier molecular flexibility index (Phi) is 3.48. The molecule has 0 saturated carbocycles. The largest absolute Gasteiger partial charge is 0.417 e. The molecule has 0 fully saturated rings. The molecule has 1 aromatic rings. The van der Waals surface area contributed by atoms with E-state index in [2.05, 4.69) is 5.32 Å². The van der Waals surface area contributed by atoms with Crippen LogP contribution in [0.15, 0.2) is 12.1 Å². The van der Waals surface area contributed by atoms with Crippen LogP contribution < -0.4 is 5.32 Å². The molecule has 0 aromatic heterocycles. The van der Waals surface area contributed by atoms with Crippen molar-refractivity contribution >= 4 is 23.1 Å². The highest BCUT2D eigenvalue weighted by molar-refractivity contribution is 6.32. The Balaban J connectivity index is 3.43. The van der Waals surface area contributed by atoms with Crippen molar-refractivity contribution in [3.05, 3.63) is 28.3 Å². The van der Waals surface area contributed by atoms with Crippen molar-refractivity contribution in [2.45, 2.75) is 13.1 Å². The number of nitrogens with one attached hydrogen (secondary N) is 1. The summed E-state index contributed by atoms with van der Waals surface area (Å²) in [6.07, 6.45) is -4.53. The van der Waals surface area contributed by atoms with Crippen LogP contribution >= 0.6 is 11.6 Å². The minimum atomic E-state index is -4.53. The zero-order valence-electron chi connectivity index (χ0n) is 8.57. The smallest absolute Gasteiger partial charge is 0.388 e. The average Bonchev–Trinajstić information content (AvgIpc) is 2.15. The Morgan fingerprint density at radius 3 is 2.31 bits per heavy atom. The van der Waals surface area contributed by atoms with E-state index in [1.165, 1.54) is 14.0 Å². The van der Waals surface area contributed by atoms with Crippen LogP contribution in [0.1, 0.15) is 22.8 Å². The normalized spacial score (nSPS) is 11.4. The molecule has 1 aromatic carbocycles. The number of alkyl halides is 3.